The lowest BCUT2D eigenvalue weighted by Gasteiger charge is -2.25. The zero-order valence-corrected chi connectivity index (χ0v) is 16.7. The third-order valence-electron chi connectivity index (χ3n) is 4.34. The van der Waals surface area contributed by atoms with Crippen LogP contribution in [0.5, 0.6) is 0 Å². The number of nitrogens with one attached hydrogen (secondary N) is 1. The Morgan fingerprint density at radius 1 is 1.31 bits per heavy atom. The summed E-state index contributed by atoms with van der Waals surface area (Å²) < 4.78 is 40.2. The van der Waals surface area contributed by atoms with E-state index in [1.54, 1.807) is 6.07 Å². The Kier molecular flexibility index (Phi) is 5.35. The maximum absolute atomic E-state index is 13.4. The Bertz CT molecular complexity index is 1150. The van der Waals surface area contributed by atoms with E-state index >= 15 is 0 Å². The average Bonchev–Trinajstić information content (AvgIpc) is 3.09. The smallest absolute Gasteiger partial charge is 0.277 e. The highest BCUT2D eigenvalue weighted by Crippen LogP contribution is 2.30. The number of anilines is 1. The highest BCUT2D eigenvalue weighted by atomic mass is 32.2. The van der Waals surface area contributed by atoms with Crippen LogP contribution in [0.2, 0.25) is 0 Å². The largest absolute Gasteiger partial charge is 0.296 e. The summed E-state index contributed by atoms with van der Waals surface area (Å²) >= 11 is 1.23. The van der Waals surface area contributed by atoms with Crippen molar-refractivity contribution in [1.29, 1.82) is 0 Å². The van der Waals surface area contributed by atoms with Crippen molar-refractivity contribution >= 4 is 32.4 Å². The predicted molar refractivity (Wildman–Crippen MR) is 105 cm³/mol. The summed E-state index contributed by atoms with van der Waals surface area (Å²) in [5.74, 6) is -1.17. The quantitative estimate of drug-likeness (QED) is 0.661. The molecule has 4 rings (SSSR count). The molecule has 1 aromatic carbocycles. The summed E-state index contributed by atoms with van der Waals surface area (Å²) in [6, 6.07) is 5.57. The van der Waals surface area contributed by atoms with E-state index in [1.807, 2.05) is 0 Å². The fourth-order valence-electron chi connectivity index (χ4n) is 2.97. The number of amides is 1. The number of aromatic nitrogens is 3. The molecule has 0 unspecified atom stereocenters. The summed E-state index contributed by atoms with van der Waals surface area (Å²) in [7, 11) is -3.61. The first-order chi connectivity index (χ1) is 13.9. The fraction of sp³-hybridized carbons (Fsp3) is 0.222. The van der Waals surface area contributed by atoms with Crippen molar-refractivity contribution in [1.82, 2.24) is 19.3 Å². The zero-order valence-electron chi connectivity index (χ0n) is 15.1. The molecule has 0 spiro atoms. The molecule has 0 fully saturated rings. The first-order valence-corrected chi connectivity index (χ1v) is 11.1. The lowest BCUT2D eigenvalue weighted by Crippen LogP contribution is -2.36. The van der Waals surface area contributed by atoms with Gasteiger partial charge in [-0.2, -0.15) is 4.31 Å². The van der Waals surface area contributed by atoms with Crippen LogP contribution in [0, 0.1) is 5.82 Å². The third-order valence-corrected chi connectivity index (χ3v) is 7.14. The highest BCUT2D eigenvalue weighted by molar-refractivity contribution is 7.88. The maximum Gasteiger partial charge on any atom is 0.277 e. The van der Waals surface area contributed by atoms with Gasteiger partial charge in [0.1, 0.15) is 11.5 Å². The molecule has 8 nitrogen and oxygen atoms in total. The summed E-state index contributed by atoms with van der Waals surface area (Å²) in [5.41, 5.74) is 1.33. The van der Waals surface area contributed by atoms with Crippen molar-refractivity contribution in [2.75, 3.05) is 11.9 Å². The van der Waals surface area contributed by atoms with Gasteiger partial charge in [0.05, 0.1) is 17.6 Å². The van der Waals surface area contributed by atoms with Crippen LogP contribution in [0.15, 0.2) is 42.9 Å². The summed E-state index contributed by atoms with van der Waals surface area (Å²) in [6.07, 6.45) is 4.68. The third kappa shape index (κ3) is 4.47. The lowest BCUT2D eigenvalue weighted by molar-refractivity contribution is 0.102. The van der Waals surface area contributed by atoms with Gasteiger partial charge in [0.25, 0.3) is 5.91 Å². The second-order valence-corrected chi connectivity index (χ2v) is 9.46. The number of hydrogen-bond donors (Lipinski definition) is 1. The minimum atomic E-state index is -3.61. The van der Waals surface area contributed by atoms with Crippen LogP contribution >= 0.6 is 11.3 Å². The molecule has 3 aromatic rings. The first kappa shape index (κ1) is 19.6. The number of hydrogen-bond acceptors (Lipinski definition) is 7. The van der Waals surface area contributed by atoms with Crippen LogP contribution < -0.4 is 5.32 Å². The van der Waals surface area contributed by atoms with Gasteiger partial charge >= 0.3 is 0 Å². The standard InChI is InChI=1S/C18H16FN5O3S2/c19-13-3-1-2-12(8-13)11-29(26,27)24-7-4-14-16(10-24)28-18(22-14)23-17(25)15-9-20-5-6-21-15/h1-3,5-6,8-9H,4,7,10-11H2,(H,22,23,25). The van der Waals surface area contributed by atoms with E-state index < -0.39 is 21.7 Å². The Balaban J connectivity index is 1.46. The molecule has 2 aromatic heterocycles. The van der Waals surface area contributed by atoms with E-state index in [0.29, 0.717) is 17.1 Å². The van der Waals surface area contributed by atoms with E-state index in [9.17, 15) is 17.6 Å². The molecular formula is C18H16FN5O3S2. The molecule has 1 amide bonds. The molecule has 0 saturated heterocycles. The van der Waals surface area contributed by atoms with Gasteiger partial charge < -0.3 is 0 Å². The molecule has 29 heavy (non-hydrogen) atoms. The van der Waals surface area contributed by atoms with Crippen LogP contribution in [0.3, 0.4) is 0 Å². The molecule has 0 radical (unpaired) electrons. The first-order valence-electron chi connectivity index (χ1n) is 8.69. The fourth-order valence-corrected chi connectivity index (χ4v) is 5.55. The Hall–Kier alpha value is -2.76. The van der Waals surface area contributed by atoms with Gasteiger partial charge in [-0.25, -0.2) is 22.8 Å². The second-order valence-electron chi connectivity index (χ2n) is 6.40. The summed E-state index contributed by atoms with van der Waals surface area (Å²) in [4.78, 5) is 25.2. The molecular weight excluding hydrogens is 417 g/mol. The number of sulfonamides is 1. The van der Waals surface area contributed by atoms with E-state index in [-0.39, 0.29) is 24.5 Å². The normalized spacial score (nSPS) is 14.4. The summed E-state index contributed by atoms with van der Waals surface area (Å²) in [5, 5.41) is 3.06. The van der Waals surface area contributed by atoms with Gasteiger partial charge in [-0.05, 0) is 17.7 Å². The monoisotopic (exact) mass is 433 g/mol. The van der Waals surface area contributed by atoms with Gasteiger partial charge in [0, 0.05) is 36.8 Å². The van der Waals surface area contributed by atoms with Crippen LogP contribution in [0.25, 0.3) is 0 Å². The van der Waals surface area contributed by atoms with Gasteiger partial charge in [-0.15, -0.1) is 11.3 Å². The minimum absolute atomic E-state index is 0.167. The minimum Gasteiger partial charge on any atom is -0.296 e. The summed E-state index contributed by atoms with van der Waals surface area (Å²) in [6.45, 7) is 0.456. The average molecular weight is 433 g/mol. The molecule has 150 valence electrons. The van der Waals surface area contributed by atoms with Crippen molar-refractivity contribution in [3.8, 4) is 0 Å². The molecule has 0 bridgehead atoms. The molecule has 1 aliphatic rings. The molecule has 0 saturated carbocycles. The van der Waals surface area contributed by atoms with E-state index in [4.69, 9.17) is 0 Å². The molecule has 0 aliphatic carbocycles. The van der Waals surface area contributed by atoms with Crippen LogP contribution in [-0.4, -0.2) is 40.1 Å². The van der Waals surface area contributed by atoms with E-state index in [1.165, 1.54) is 52.4 Å². The number of rotatable bonds is 5. The topological polar surface area (TPSA) is 105 Å². The number of carbonyl (C=O) groups is 1. The van der Waals surface area contributed by atoms with Crippen molar-refractivity contribution in [2.45, 2.75) is 18.7 Å². The number of carbonyl (C=O) groups excluding carboxylic acids is 1. The van der Waals surface area contributed by atoms with Gasteiger partial charge in [-0.3, -0.25) is 15.1 Å². The van der Waals surface area contributed by atoms with Gasteiger partial charge in [-0.1, -0.05) is 12.1 Å². The molecule has 0 atom stereocenters. The molecule has 11 heteroatoms. The number of thiazole rings is 1. The number of benzene rings is 1. The highest BCUT2D eigenvalue weighted by Gasteiger charge is 2.29. The van der Waals surface area contributed by atoms with Crippen LogP contribution in [0.1, 0.15) is 26.6 Å². The van der Waals surface area contributed by atoms with E-state index in [2.05, 4.69) is 20.3 Å². The van der Waals surface area contributed by atoms with Crippen molar-refractivity contribution in [3.63, 3.8) is 0 Å². The Labute approximate surface area is 170 Å². The van der Waals surface area contributed by atoms with Gasteiger partial charge in [0.2, 0.25) is 10.0 Å². The number of fused-ring (bicyclic) bond motifs is 1. The van der Waals surface area contributed by atoms with Crippen LogP contribution in [0.4, 0.5) is 9.52 Å². The Morgan fingerprint density at radius 2 is 2.17 bits per heavy atom. The zero-order chi connectivity index (χ0) is 20.4. The molecule has 1 aliphatic heterocycles. The van der Waals surface area contributed by atoms with Gasteiger partial charge in [0.15, 0.2) is 5.13 Å². The SMILES string of the molecule is O=C(Nc1nc2c(s1)CN(S(=O)(=O)Cc1cccc(F)c1)CC2)c1cnccn1. The number of halogens is 1. The maximum atomic E-state index is 13.4. The van der Waals surface area contributed by atoms with Crippen LogP contribution in [-0.2, 0) is 28.7 Å². The number of nitrogens with zero attached hydrogens (tertiary/aromatic N) is 4. The van der Waals surface area contributed by atoms with Crippen molar-refractivity contribution in [2.24, 2.45) is 0 Å². The Morgan fingerprint density at radius 3 is 2.93 bits per heavy atom. The lowest BCUT2D eigenvalue weighted by atomic mass is 10.2. The van der Waals surface area contributed by atoms with Crippen molar-refractivity contribution < 1.29 is 17.6 Å². The second kappa shape index (κ2) is 7.93. The van der Waals surface area contributed by atoms with Crippen molar-refractivity contribution in [3.05, 3.63) is 70.5 Å². The van der Waals surface area contributed by atoms with E-state index in [0.717, 1.165) is 10.6 Å². The molecule has 1 N–H and O–H groups in total. The molecule has 3 heterocycles. The predicted octanol–water partition coefficient (Wildman–Crippen LogP) is 2.21.